The third-order valence-electron chi connectivity index (χ3n) is 4.55. The number of pyridine rings is 1. The molecule has 1 radical (unpaired) electrons. The number of nitrogens with zero attached hydrogens (tertiary/aromatic N) is 3. The Bertz CT molecular complexity index is 1270. The standard InChI is InChI=1S/C19H13N2.C7H6NO.Ir/c1-2-8-18(9-3-1)21-13-12-20-19(21)17-11-10-15-6-4-5-7-16(15)14-17;1-6(9)7-4-2-3-5-8-7;/h1-10,12-14H;2-5H,1H2;/q2*-1;. The Morgan fingerprint density at radius 2 is 1.55 bits per heavy atom. The van der Waals surface area contributed by atoms with Crippen LogP contribution in [0.25, 0.3) is 27.8 Å². The summed E-state index contributed by atoms with van der Waals surface area (Å²) in [5.41, 5.74) is 2.52. The van der Waals surface area contributed by atoms with E-state index in [2.05, 4.69) is 63.9 Å². The van der Waals surface area contributed by atoms with E-state index < -0.39 is 0 Å². The van der Waals surface area contributed by atoms with Gasteiger partial charge in [-0.25, -0.2) is 0 Å². The number of ketones is 1. The van der Waals surface area contributed by atoms with Crippen LogP contribution in [0.3, 0.4) is 0 Å². The maximum atomic E-state index is 10.5. The van der Waals surface area contributed by atoms with E-state index in [1.54, 1.807) is 24.4 Å². The zero-order chi connectivity index (χ0) is 20.8. The van der Waals surface area contributed by atoms with Crippen molar-refractivity contribution in [3.63, 3.8) is 0 Å². The summed E-state index contributed by atoms with van der Waals surface area (Å²) in [4.78, 5) is 18.7. The van der Waals surface area contributed by atoms with Crippen LogP contribution in [0.5, 0.6) is 0 Å². The Hall–Kier alpha value is -3.53. The number of benzene rings is 3. The van der Waals surface area contributed by atoms with Crippen LogP contribution in [0.1, 0.15) is 10.5 Å². The van der Waals surface area contributed by atoms with Gasteiger partial charge in [-0.05, 0) is 23.9 Å². The normalized spacial score (nSPS) is 9.94. The third-order valence-corrected chi connectivity index (χ3v) is 4.55. The predicted molar refractivity (Wildman–Crippen MR) is 119 cm³/mol. The fourth-order valence-corrected chi connectivity index (χ4v) is 3.08. The van der Waals surface area contributed by atoms with Gasteiger partial charge in [-0.15, -0.1) is 35.2 Å². The predicted octanol–water partition coefficient (Wildman–Crippen LogP) is 5.59. The molecule has 2 aromatic heterocycles. The van der Waals surface area contributed by atoms with Gasteiger partial charge in [0, 0.05) is 50.2 Å². The molecule has 0 N–H and O–H groups in total. The molecule has 4 nitrogen and oxygen atoms in total. The average Bonchev–Trinajstić information content (AvgIpc) is 3.30. The van der Waals surface area contributed by atoms with Crippen LogP contribution in [-0.2, 0) is 20.1 Å². The van der Waals surface area contributed by atoms with Crippen molar-refractivity contribution in [2.75, 3.05) is 0 Å². The first-order valence-electron chi connectivity index (χ1n) is 9.49. The summed E-state index contributed by atoms with van der Waals surface area (Å²) in [7, 11) is 0. The molecule has 0 saturated carbocycles. The second-order valence-corrected chi connectivity index (χ2v) is 6.57. The molecule has 0 saturated heterocycles. The van der Waals surface area contributed by atoms with Gasteiger partial charge in [0.1, 0.15) is 0 Å². The molecule has 155 valence electrons. The second-order valence-electron chi connectivity index (χ2n) is 6.57. The fraction of sp³-hybridized carbons (Fsp3) is 0. The maximum absolute atomic E-state index is 10.5. The summed E-state index contributed by atoms with van der Waals surface area (Å²) in [6.45, 7) is 3.21. The van der Waals surface area contributed by atoms with E-state index in [0.717, 1.165) is 17.1 Å². The molecule has 2 heterocycles. The number of carbonyl (C=O) groups excluding carboxylic acids is 1. The molecule has 5 rings (SSSR count). The molecule has 0 fully saturated rings. The van der Waals surface area contributed by atoms with Crippen LogP contribution in [0, 0.1) is 13.0 Å². The number of aromatic nitrogens is 3. The van der Waals surface area contributed by atoms with Crippen molar-refractivity contribution in [1.29, 1.82) is 0 Å². The molecular formula is C26H19IrN3O-2. The number of hydrogen-bond acceptors (Lipinski definition) is 3. The summed E-state index contributed by atoms with van der Waals surface area (Å²) in [5, 5.41) is 2.40. The molecule has 0 aliphatic carbocycles. The first kappa shape index (κ1) is 22.2. The molecule has 0 atom stereocenters. The molecule has 0 bridgehead atoms. The summed E-state index contributed by atoms with van der Waals surface area (Å²) >= 11 is 0. The minimum Gasteiger partial charge on any atom is -0.347 e. The van der Waals surface area contributed by atoms with Crippen molar-refractivity contribution < 1.29 is 24.9 Å². The van der Waals surface area contributed by atoms with Crippen molar-refractivity contribution in [2.24, 2.45) is 0 Å². The minimum atomic E-state index is -0.240. The van der Waals surface area contributed by atoms with Crippen molar-refractivity contribution in [3.8, 4) is 17.1 Å². The second kappa shape index (κ2) is 10.5. The van der Waals surface area contributed by atoms with Crippen molar-refractivity contribution in [1.82, 2.24) is 14.5 Å². The Morgan fingerprint density at radius 1 is 0.839 bits per heavy atom. The first-order valence-corrected chi connectivity index (χ1v) is 9.49. The average molecular weight is 582 g/mol. The van der Waals surface area contributed by atoms with E-state index in [1.807, 2.05) is 42.7 Å². The SMILES string of the molecule is [CH2-]C(=O)c1ccccn1.[Ir].[c-]1cc2ccccc2cc1-c1nccn1-c1ccccc1. The third kappa shape index (κ3) is 5.34. The van der Waals surface area contributed by atoms with Gasteiger partial charge in [0.15, 0.2) is 0 Å². The minimum absolute atomic E-state index is 0. The van der Waals surface area contributed by atoms with Crippen molar-refractivity contribution in [2.45, 2.75) is 0 Å². The van der Waals surface area contributed by atoms with E-state index in [4.69, 9.17) is 0 Å². The zero-order valence-electron chi connectivity index (χ0n) is 16.6. The van der Waals surface area contributed by atoms with Gasteiger partial charge in [0.2, 0.25) is 0 Å². The fourth-order valence-electron chi connectivity index (χ4n) is 3.08. The Labute approximate surface area is 195 Å². The van der Waals surface area contributed by atoms with Gasteiger partial charge in [-0.2, -0.15) is 6.92 Å². The first-order chi connectivity index (χ1) is 14.7. The topological polar surface area (TPSA) is 47.8 Å². The van der Waals surface area contributed by atoms with E-state index >= 15 is 0 Å². The summed E-state index contributed by atoms with van der Waals surface area (Å²) < 4.78 is 2.08. The van der Waals surface area contributed by atoms with E-state index in [1.165, 1.54) is 10.8 Å². The van der Waals surface area contributed by atoms with Crippen LogP contribution in [0.4, 0.5) is 0 Å². The van der Waals surface area contributed by atoms with Crippen LogP contribution >= 0.6 is 0 Å². The van der Waals surface area contributed by atoms with Gasteiger partial charge in [0.25, 0.3) is 0 Å². The van der Waals surface area contributed by atoms with Crippen molar-refractivity contribution >= 4 is 16.6 Å². The van der Waals surface area contributed by atoms with Gasteiger partial charge in [-0.3, -0.25) is 4.98 Å². The molecule has 0 spiro atoms. The number of imidazole rings is 1. The molecule has 0 aliphatic heterocycles. The number of Topliss-reactive ketones (excluding diaryl/α,β-unsaturated/α-hetero) is 1. The summed E-state index contributed by atoms with van der Waals surface area (Å²) in [6.07, 6.45) is 5.37. The number of para-hydroxylation sites is 1. The maximum Gasteiger partial charge on any atom is 0.0602 e. The smallest absolute Gasteiger partial charge is 0.0602 e. The van der Waals surface area contributed by atoms with Crippen LogP contribution in [-0.4, -0.2) is 20.3 Å². The van der Waals surface area contributed by atoms with E-state index in [-0.39, 0.29) is 25.9 Å². The van der Waals surface area contributed by atoms with Gasteiger partial charge in [0.05, 0.1) is 5.82 Å². The van der Waals surface area contributed by atoms with Crippen LogP contribution in [0.2, 0.25) is 0 Å². The van der Waals surface area contributed by atoms with E-state index in [9.17, 15) is 4.79 Å². The molecule has 0 amide bonds. The molecule has 31 heavy (non-hydrogen) atoms. The van der Waals surface area contributed by atoms with Gasteiger partial charge < -0.3 is 14.3 Å². The Morgan fingerprint density at radius 3 is 2.23 bits per heavy atom. The summed E-state index contributed by atoms with van der Waals surface area (Å²) in [6, 6.07) is 31.2. The molecule has 0 aliphatic rings. The zero-order valence-corrected chi connectivity index (χ0v) is 19.0. The number of carbonyl (C=O) groups is 1. The van der Waals surface area contributed by atoms with Crippen LogP contribution < -0.4 is 0 Å². The van der Waals surface area contributed by atoms with Gasteiger partial charge in [-0.1, -0.05) is 53.9 Å². The monoisotopic (exact) mass is 582 g/mol. The molecule has 5 heteroatoms. The quantitative estimate of drug-likeness (QED) is 0.206. The molecule has 0 unspecified atom stereocenters. The molecule has 5 aromatic rings. The largest absolute Gasteiger partial charge is 0.347 e. The number of rotatable bonds is 3. The number of fused-ring (bicyclic) bond motifs is 1. The van der Waals surface area contributed by atoms with E-state index in [0.29, 0.717) is 5.69 Å². The molecular weight excluding hydrogens is 563 g/mol. The Kier molecular flexibility index (Phi) is 7.49. The Balaban J connectivity index is 0.000000232. The molecule has 3 aromatic carbocycles. The number of hydrogen-bond donors (Lipinski definition) is 0. The van der Waals surface area contributed by atoms with Crippen molar-refractivity contribution in [3.05, 3.63) is 122 Å². The van der Waals surface area contributed by atoms with Gasteiger partial charge >= 0.3 is 0 Å². The summed E-state index contributed by atoms with van der Waals surface area (Å²) in [5.74, 6) is 0.669. The van der Waals surface area contributed by atoms with Crippen LogP contribution in [0.15, 0.2) is 104 Å².